The van der Waals surface area contributed by atoms with Crippen molar-refractivity contribution >= 4 is 15.9 Å². The highest BCUT2D eigenvalue weighted by Crippen LogP contribution is 2.12. The number of hydrogen-bond donors (Lipinski definition) is 0. The topological polar surface area (TPSA) is 43.6 Å². The standard InChI is InChI=1S/C8H7BrN4/c9-8-7(2-1-3-10-8)6-13-11-4-5-12-13/h1-5H,6H2. The Bertz CT molecular complexity index is 385. The third-order valence-corrected chi connectivity index (χ3v) is 2.33. The second-order valence-corrected chi connectivity index (χ2v) is 3.26. The molecule has 66 valence electrons. The van der Waals surface area contributed by atoms with Crippen molar-refractivity contribution in [3.05, 3.63) is 40.9 Å². The summed E-state index contributed by atoms with van der Waals surface area (Å²) in [5.74, 6) is 0. The van der Waals surface area contributed by atoms with E-state index in [4.69, 9.17) is 0 Å². The van der Waals surface area contributed by atoms with Crippen LogP contribution in [0, 0.1) is 0 Å². The van der Waals surface area contributed by atoms with Crippen LogP contribution in [-0.2, 0) is 6.54 Å². The highest BCUT2D eigenvalue weighted by molar-refractivity contribution is 9.10. The van der Waals surface area contributed by atoms with E-state index in [1.54, 1.807) is 23.4 Å². The highest BCUT2D eigenvalue weighted by atomic mass is 79.9. The molecule has 0 aromatic carbocycles. The van der Waals surface area contributed by atoms with Gasteiger partial charge in [0.15, 0.2) is 0 Å². The molecule has 0 aliphatic rings. The smallest absolute Gasteiger partial charge is 0.111 e. The maximum Gasteiger partial charge on any atom is 0.111 e. The van der Waals surface area contributed by atoms with Crippen LogP contribution < -0.4 is 0 Å². The number of nitrogens with zero attached hydrogens (tertiary/aromatic N) is 4. The predicted octanol–water partition coefficient (Wildman–Crippen LogP) is 1.48. The molecule has 4 nitrogen and oxygen atoms in total. The number of hydrogen-bond acceptors (Lipinski definition) is 3. The van der Waals surface area contributed by atoms with Crippen LogP contribution in [0.15, 0.2) is 35.3 Å². The minimum atomic E-state index is 0.640. The van der Waals surface area contributed by atoms with E-state index in [2.05, 4.69) is 31.1 Å². The minimum absolute atomic E-state index is 0.640. The van der Waals surface area contributed by atoms with Crippen LogP contribution in [0.3, 0.4) is 0 Å². The van der Waals surface area contributed by atoms with Crippen molar-refractivity contribution in [2.75, 3.05) is 0 Å². The molecule has 0 radical (unpaired) electrons. The van der Waals surface area contributed by atoms with Gasteiger partial charge in [-0.05, 0) is 22.0 Å². The van der Waals surface area contributed by atoms with Gasteiger partial charge in [0.1, 0.15) is 4.60 Å². The van der Waals surface area contributed by atoms with Crippen LogP contribution in [-0.4, -0.2) is 20.0 Å². The first kappa shape index (κ1) is 8.37. The van der Waals surface area contributed by atoms with E-state index < -0.39 is 0 Å². The summed E-state index contributed by atoms with van der Waals surface area (Å²) >= 11 is 3.36. The van der Waals surface area contributed by atoms with Crippen molar-refractivity contribution in [1.82, 2.24) is 20.0 Å². The fourth-order valence-corrected chi connectivity index (χ4v) is 1.39. The van der Waals surface area contributed by atoms with E-state index >= 15 is 0 Å². The van der Waals surface area contributed by atoms with Gasteiger partial charge in [0.25, 0.3) is 0 Å². The van der Waals surface area contributed by atoms with Crippen molar-refractivity contribution in [2.45, 2.75) is 6.54 Å². The van der Waals surface area contributed by atoms with E-state index in [1.165, 1.54) is 0 Å². The molecule has 2 aromatic heterocycles. The zero-order chi connectivity index (χ0) is 9.10. The summed E-state index contributed by atoms with van der Waals surface area (Å²) < 4.78 is 0.840. The average Bonchev–Trinajstić information content (AvgIpc) is 2.61. The lowest BCUT2D eigenvalue weighted by atomic mass is 10.3. The normalized spacial score (nSPS) is 10.2. The molecule has 0 amide bonds. The van der Waals surface area contributed by atoms with E-state index in [-0.39, 0.29) is 0 Å². The van der Waals surface area contributed by atoms with E-state index in [9.17, 15) is 0 Å². The lowest BCUT2D eigenvalue weighted by molar-refractivity contribution is 0.588. The van der Waals surface area contributed by atoms with E-state index in [1.807, 2.05) is 12.1 Å². The van der Waals surface area contributed by atoms with Gasteiger partial charge in [0.05, 0.1) is 18.9 Å². The van der Waals surface area contributed by atoms with Gasteiger partial charge >= 0.3 is 0 Å². The van der Waals surface area contributed by atoms with Crippen molar-refractivity contribution in [1.29, 1.82) is 0 Å². The fraction of sp³-hybridized carbons (Fsp3) is 0.125. The van der Waals surface area contributed by atoms with Crippen LogP contribution in [0.5, 0.6) is 0 Å². The molecule has 0 unspecified atom stereocenters. The number of pyridine rings is 1. The Kier molecular flexibility index (Phi) is 2.35. The van der Waals surface area contributed by atoms with Crippen LogP contribution >= 0.6 is 15.9 Å². The molecule has 0 aliphatic carbocycles. The molecule has 2 heterocycles. The first-order valence-corrected chi connectivity index (χ1v) is 4.59. The zero-order valence-corrected chi connectivity index (χ0v) is 8.35. The molecule has 0 saturated carbocycles. The molecule has 13 heavy (non-hydrogen) atoms. The van der Waals surface area contributed by atoms with Crippen molar-refractivity contribution in [3.8, 4) is 0 Å². The first-order chi connectivity index (χ1) is 6.36. The van der Waals surface area contributed by atoms with Gasteiger partial charge in [-0.3, -0.25) is 0 Å². The number of aromatic nitrogens is 4. The molecule has 0 fully saturated rings. The van der Waals surface area contributed by atoms with Crippen molar-refractivity contribution in [3.63, 3.8) is 0 Å². The average molecular weight is 239 g/mol. The third-order valence-electron chi connectivity index (χ3n) is 1.61. The fourth-order valence-electron chi connectivity index (χ4n) is 1.01. The second kappa shape index (κ2) is 3.66. The summed E-state index contributed by atoms with van der Waals surface area (Å²) in [7, 11) is 0. The van der Waals surface area contributed by atoms with Gasteiger partial charge in [0, 0.05) is 11.8 Å². The van der Waals surface area contributed by atoms with Crippen LogP contribution in [0.4, 0.5) is 0 Å². The lowest BCUT2D eigenvalue weighted by Crippen LogP contribution is -2.04. The molecule has 0 bridgehead atoms. The first-order valence-electron chi connectivity index (χ1n) is 3.80. The maximum absolute atomic E-state index is 4.11. The molecular formula is C8H7BrN4. The summed E-state index contributed by atoms with van der Waals surface area (Å²) in [6, 6.07) is 3.88. The van der Waals surface area contributed by atoms with Crippen molar-refractivity contribution in [2.24, 2.45) is 0 Å². The molecule has 0 aliphatic heterocycles. The minimum Gasteiger partial charge on any atom is -0.249 e. The van der Waals surface area contributed by atoms with Crippen molar-refractivity contribution < 1.29 is 0 Å². The molecule has 2 rings (SSSR count). The number of halogens is 1. The van der Waals surface area contributed by atoms with Crippen LogP contribution in [0.2, 0.25) is 0 Å². The second-order valence-electron chi connectivity index (χ2n) is 2.51. The Hall–Kier alpha value is -1.23. The van der Waals surface area contributed by atoms with Gasteiger partial charge in [-0.1, -0.05) is 6.07 Å². The molecule has 0 spiro atoms. The molecule has 5 heteroatoms. The Morgan fingerprint density at radius 3 is 2.69 bits per heavy atom. The quantitative estimate of drug-likeness (QED) is 0.745. The summed E-state index contributed by atoms with van der Waals surface area (Å²) in [5.41, 5.74) is 1.07. The third kappa shape index (κ3) is 1.92. The van der Waals surface area contributed by atoms with Gasteiger partial charge < -0.3 is 0 Å². The monoisotopic (exact) mass is 238 g/mol. The Morgan fingerprint density at radius 2 is 2.00 bits per heavy atom. The summed E-state index contributed by atoms with van der Waals surface area (Å²) in [4.78, 5) is 5.72. The zero-order valence-electron chi connectivity index (χ0n) is 6.76. The van der Waals surface area contributed by atoms with Gasteiger partial charge in [-0.15, -0.1) is 0 Å². The van der Waals surface area contributed by atoms with E-state index in [0.29, 0.717) is 6.54 Å². The summed E-state index contributed by atoms with van der Waals surface area (Å²) in [5, 5.41) is 8.02. The van der Waals surface area contributed by atoms with Crippen LogP contribution in [0.25, 0.3) is 0 Å². The van der Waals surface area contributed by atoms with E-state index in [0.717, 1.165) is 10.2 Å². The predicted molar refractivity (Wildman–Crippen MR) is 51.1 cm³/mol. The Morgan fingerprint density at radius 1 is 1.23 bits per heavy atom. The number of rotatable bonds is 2. The van der Waals surface area contributed by atoms with Gasteiger partial charge in [-0.2, -0.15) is 15.0 Å². The Labute approximate surface area is 83.7 Å². The Balaban J connectivity index is 2.24. The largest absolute Gasteiger partial charge is 0.249 e. The molecule has 0 atom stereocenters. The molecule has 0 N–H and O–H groups in total. The highest BCUT2D eigenvalue weighted by Gasteiger charge is 2.00. The van der Waals surface area contributed by atoms with Gasteiger partial charge in [0.2, 0.25) is 0 Å². The molecule has 0 saturated heterocycles. The summed E-state index contributed by atoms with van der Waals surface area (Å²) in [6.45, 7) is 0.640. The summed E-state index contributed by atoms with van der Waals surface area (Å²) in [6.07, 6.45) is 5.05. The SMILES string of the molecule is Brc1ncccc1Cn1nccn1. The van der Waals surface area contributed by atoms with Crippen LogP contribution in [0.1, 0.15) is 5.56 Å². The maximum atomic E-state index is 4.11. The lowest BCUT2D eigenvalue weighted by Gasteiger charge is -2.01. The van der Waals surface area contributed by atoms with Gasteiger partial charge in [-0.25, -0.2) is 4.98 Å². The molecular weight excluding hydrogens is 232 g/mol. The molecule has 2 aromatic rings.